The molecular formula is C13H20ClN3O2. The van der Waals surface area contributed by atoms with E-state index in [0.29, 0.717) is 29.1 Å². The summed E-state index contributed by atoms with van der Waals surface area (Å²) in [5, 5.41) is 7.44. The smallest absolute Gasteiger partial charge is 0.259 e. The van der Waals surface area contributed by atoms with Crippen LogP contribution < -0.4 is 5.32 Å². The van der Waals surface area contributed by atoms with Gasteiger partial charge < -0.3 is 14.7 Å². The van der Waals surface area contributed by atoms with E-state index in [9.17, 15) is 4.79 Å². The molecule has 0 radical (unpaired) electrons. The zero-order chi connectivity index (χ0) is 12.7. The molecule has 0 spiro atoms. The van der Waals surface area contributed by atoms with Crippen molar-refractivity contribution in [1.82, 2.24) is 15.4 Å². The molecule has 0 aliphatic carbocycles. The molecule has 1 aromatic heterocycles. The van der Waals surface area contributed by atoms with Crippen LogP contribution in [-0.2, 0) is 0 Å². The first-order valence-corrected chi connectivity index (χ1v) is 6.63. The molecule has 106 valence electrons. The number of hydrogen-bond acceptors (Lipinski definition) is 4. The first kappa shape index (κ1) is 14.3. The molecule has 1 aromatic rings. The first-order chi connectivity index (χ1) is 8.65. The highest BCUT2D eigenvalue weighted by molar-refractivity contribution is 5.96. The summed E-state index contributed by atoms with van der Waals surface area (Å²) in [4.78, 5) is 14.5. The van der Waals surface area contributed by atoms with Crippen LogP contribution in [0.4, 0.5) is 0 Å². The van der Waals surface area contributed by atoms with Crippen LogP contribution in [0, 0.1) is 13.8 Å². The number of fused-ring (bicyclic) bond motifs is 2. The number of carbonyl (C=O) groups is 1. The molecule has 2 bridgehead atoms. The molecule has 0 aromatic carbocycles. The average molecular weight is 286 g/mol. The maximum absolute atomic E-state index is 12.5. The highest BCUT2D eigenvalue weighted by Crippen LogP contribution is 2.23. The van der Waals surface area contributed by atoms with Crippen LogP contribution in [0.5, 0.6) is 0 Å². The Morgan fingerprint density at radius 3 is 2.74 bits per heavy atom. The summed E-state index contributed by atoms with van der Waals surface area (Å²) in [5.74, 6) is 0.695. The van der Waals surface area contributed by atoms with Gasteiger partial charge in [0, 0.05) is 25.2 Å². The summed E-state index contributed by atoms with van der Waals surface area (Å²) in [6, 6.07) is 1.05. The van der Waals surface area contributed by atoms with Crippen LogP contribution in [0.3, 0.4) is 0 Å². The van der Waals surface area contributed by atoms with Gasteiger partial charge in [0.15, 0.2) is 0 Å². The Hall–Kier alpha value is -1.07. The molecular weight excluding hydrogens is 266 g/mol. The minimum atomic E-state index is 0. The number of aryl methyl sites for hydroxylation is 2. The number of amides is 1. The van der Waals surface area contributed by atoms with Crippen LogP contribution in [0.2, 0.25) is 0 Å². The minimum Gasteiger partial charge on any atom is -0.361 e. The predicted octanol–water partition coefficient (Wildman–Crippen LogP) is 1.68. The highest BCUT2D eigenvalue weighted by Gasteiger charge is 2.33. The normalized spacial score (nSPS) is 25.9. The second-order valence-electron chi connectivity index (χ2n) is 5.38. The molecule has 6 heteroatoms. The quantitative estimate of drug-likeness (QED) is 0.853. The summed E-state index contributed by atoms with van der Waals surface area (Å²) >= 11 is 0. The molecule has 5 nitrogen and oxygen atoms in total. The zero-order valence-electron chi connectivity index (χ0n) is 11.3. The van der Waals surface area contributed by atoms with Crippen LogP contribution in [0.15, 0.2) is 4.52 Å². The maximum Gasteiger partial charge on any atom is 0.259 e. The van der Waals surface area contributed by atoms with Crippen molar-refractivity contribution in [3.63, 3.8) is 0 Å². The lowest BCUT2D eigenvalue weighted by Gasteiger charge is -2.24. The van der Waals surface area contributed by atoms with Crippen molar-refractivity contribution in [2.45, 2.75) is 45.2 Å². The first-order valence-electron chi connectivity index (χ1n) is 6.63. The lowest BCUT2D eigenvalue weighted by Crippen LogP contribution is -2.39. The number of aromatic nitrogens is 1. The summed E-state index contributed by atoms with van der Waals surface area (Å²) in [7, 11) is 0. The summed E-state index contributed by atoms with van der Waals surface area (Å²) in [5.41, 5.74) is 1.34. The van der Waals surface area contributed by atoms with Crippen molar-refractivity contribution in [2.24, 2.45) is 0 Å². The Kier molecular flexibility index (Phi) is 4.16. The van der Waals surface area contributed by atoms with E-state index < -0.39 is 0 Å². The molecule has 19 heavy (non-hydrogen) atoms. The Morgan fingerprint density at radius 2 is 2.05 bits per heavy atom. The van der Waals surface area contributed by atoms with E-state index in [2.05, 4.69) is 10.5 Å². The van der Waals surface area contributed by atoms with Gasteiger partial charge in [-0.25, -0.2) is 0 Å². The average Bonchev–Trinajstić information content (AvgIpc) is 2.82. The van der Waals surface area contributed by atoms with Gasteiger partial charge in [0.2, 0.25) is 0 Å². The molecule has 3 heterocycles. The Bertz CT molecular complexity index is 455. The molecule has 0 saturated carbocycles. The second-order valence-corrected chi connectivity index (χ2v) is 5.38. The fourth-order valence-corrected chi connectivity index (χ4v) is 3.07. The SMILES string of the molecule is Cc1noc(C)c1C(=O)N1CCC2CCC(C1)N2.Cl. The molecule has 3 rings (SSSR count). The molecule has 2 saturated heterocycles. The molecule has 2 unspecified atom stereocenters. The zero-order valence-corrected chi connectivity index (χ0v) is 12.1. The largest absolute Gasteiger partial charge is 0.361 e. The van der Waals surface area contributed by atoms with Crippen LogP contribution >= 0.6 is 12.4 Å². The fraction of sp³-hybridized carbons (Fsp3) is 0.692. The van der Waals surface area contributed by atoms with E-state index in [-0.39, 0.29) is 18.3 Å². The van der Waals surface area contributed by atoms with Gasteiger partial charge in [-0.3, -0.25) is 4.79 Å². The van der Waals surface area contributed by atoms with Crippen molar-refractivity contribution in [1.29, 1.82) is 0 Å². The van der Waals surface area contributed by atoms with Gasteiger partial charge >= 0.3 is 0 Å². The number of rotatable bonds is 1. The van der Waals surface area contributed by atoms with Gasteiger partial charge in [-0.05, 0) is 33.1 Å². The van der Waals surface area contributed by atoms with Gasteiger partial charge in [-0.15, -0.1) is 12.4 Å². The summed E-state index contributed by atoms with van der Waals surface area (Å²) < 4.78 is 5.09. The molecule has 1 amide bonds. The molecule has 1 N–H and O–H groups in total. The Balaban J connectivity index is 0.00000133. The third-order valence-electron chi connectivity index (χ3n) is 4.06. The number of nitrogens with one attached hydrogen (secondary N) is 1. The number of hydrogen-bond donors (Lipinski definition) is 1. The lowest BCUT2D eigenvalue weighted by atomic mass is 10.1. The summed E-state index contributed by atoms with van der Waals surface area (Å²) in [6.45, 7) is 5.26. The maximum atomic E-state index is 12.5. The van der Waals surface area contributed by atoms with Gasteiger partial charge in [0.1, 0.15) is 11.3 Å². The Labute approximate surface area is 119 Å². The molecule has 2 aliphatic rings. The van der Waals surface area contributed by atoms with E-state index in [0.717, 1.165) is 19.5 Å². The van der Waals surface area contributed by atoms with E-state index in [1.807, 2.05) is 11.8 Å². The van der Waals surface area contributed by atoms with Crippen molar-refractivity contribution in [2.75, 3.05) is 13.1 Å². The topological polar surface area (TPSA) is 58.4 Å². The van der Waals surface area contributed by atoms with Crippen LogP contribution in [0.25, 0.3) is 0 Å². The lowest BCUT2D eigenvalue weighted by molar-refractivity contribution is 0.0746. The third-order valence-corrected chi connectivity index (χ3v) is 4.06. The van der Waals surface area contributed by atoms with E-state index >= 15 is 0 Å². The molecule has 2 atom stereocenters. The minimum absolute atomic E-state index is 0. The summed E-state index contributed by atoms with van der Waals surface area (Å²) in [6.07, 6.45) is 3.47. The van der Waals surface area contributed by atoms with Gasteiger partial charge in [-0.2, -0.15) is 0 Å². The highest BCUT2D eigenvalue weighted by atomic mass is 35.5. The van der Waals surface area contributed by atoms with Crippen molar-refractivity contribution < 1.29 is 9.32 Å². The predicted molar refractivity (Wildman–Crippen MR) is 73.7 cm³/mol. The van der Waals surface area contributed by atoms with Gasteiger partial charge in [0.25, 0.3) is 5.91 Å². The number of halogens is 1. The number of likely N-dealkylation sites (tertiary alicyclic amines) is 1. The van der Waals surface area contributed by atoms with E-state index in [4.69, 9.17) is 4.52 Å². The molecule has 2 aliphatic heterocycles. The fourth-order valence-electron chi connectivity index (χ4n) is 3.07. The Morgan fingerprint density at radius 1 is 1.32 bits per heavy atom. The van der Waals surface area contributed by atoms with Crippen molar-refractivity contribution >= 4 is 18.3 Å². The van der Waals surface area contributed by atoms with E-state index in [1.54, 1.807) is 6.92 Å². The molecule has 2 fully saturated rings. The second kappa shape index (κ2) is 5.51. The monoisotopic (exact) mass is 285 g/mol. The number of nitrogens with zero attached hydrogens (tertiary/aromatic N) is 2. The van der Waals surface area contributed by atoms with Gasteiger partial charge in [0.05, 0.1) is 5.69 Å². The van der Waals surface area contributed by atoms with Gasteiger partial charge in [-0.1, -0.05) is 5.16 Å². The van der Waals surface area contributed by atoms with Crippen LogP contribution in [-0.4, -0.2) is 41.1 Å². The van der Waals surface area contributed by atoms with Crippen molar-refractivity contribution in [3.8, 4) is 0 Å². The standard InChI is InChI=1S/C13H19N3O2.ClH/c1-8-12(9(2)18-15-8)13(17)16-6-5-10-3-4-11(7-16)14-10;/h10-11,14H,3-7H2,1-2H3;1H. The van der Waals surface area contributed by atoms with Crippen molar-refractivity contribution in [3.05, 3.63) is 17.0 Å². The number of carbonyl (C=O) groups excluding carboxylic acids is 1. The third kappa shape index (κ3) is 2.62. The van der Waals surface area contributed by atoms with E-state index in [1.165, 1.54) is 12.8 Å². The van der Waals surface area contributed by atoms with Crippen LogP contribution in [0.1, 0.15) is 41.1 Å².